The number of ether oxygens (including phenoxy) is 3. The smallest absolute Gasteiger partial charge is 0.200 e. The van der Waals surface area contributed by atoms with Gasteiger partial charge < -0.3 is 24.2 Å². The maximum atomic E-state index is 10.3. The maximum absolute atomic E-state index is 10.3. The van der Waals surface area contributed by atoms with Gasteiger partial charge in [-0.15, -0.1) is 11.8 Å². The Morgan fingerprint density at radius 1 is 0.938 bits per heavy atom. The van der Waals surface area contributed by atoms with E-state index in [4.69, 9.17) is 14.2 Å². The van der Waals surface area contributed by atoms with Crippen LogP contribution in [0.15, 0.2) is 59.5 Å². The molecule has 6 heteroatoms. The van der Waals surface area contributed by atoms with Crippen LogP contribution in [0, 0.1) is 6.92 Å². The number of hydrogen-bond acceptors (Lipinski definition) is 6. The predicted octanol–water partition coefficient (Wildman–Crippen LogP) is 5.97. The van der Waals surface area contributed by atoms with Gasteiger partial charge >= 0.3 is 0 Å². The first kappa shape index (κ1) is 22.2. The summed E-state index contributed by atoms with van der Waals surface area (Å²) in [5.41, 5.74) is 4.72. The van der Waals surface area contributed by atoms with Gasteiger partial charge in [-0.25, -0.2) is 0 Å². The normalized spacial score (nSPS) is 15.6. The number of anilines is 1. The SMILES string of the molecule is COc1ccc([C@H]2CCN(Cc3cc(OC)c(O)c(OC)c3)c3ccccc3S2)cc1C. The molecule has 1 heterocycles. The zero-order valence-corrected chi connectivity index (χ0v) is 19.7. The molecule has 5 nitrogen and oxygen atoms in total. The zero-order chi connectivity index (χ0) is 22.7. The Bertz CT molecular complexity index is 1080. The topological polar surface area (TPSA) is 51.2 Å². The highest BCUT2D eigenvalue weighted by Gasteiger charge is 2.24. The zero-order valence-electron chi connectivity index (χ0n) is 18.9. The van der Waals surface area contributed by atoms with Gasteiger partial charge in [-0.1, -0.05) is 24.3 Å². The molecule has 0 bridgehead atoms. The number of para-hydroxylation sites is 1. The summed E-state index contributed by atoms with van der Waals surface area (Å²) in [4.78, 5) is 3.66. The average molecular weight is 452 g/mol. The minimum absolute atomic E-state index is 0.0283. The van der Waals surface area contributed by atoms with E-state index in [0.29, 0.717) is 23.3 Å². The molecular formula is C26H29NO4S. The molecule has 0 saturated carbocycles. The van der Waals surface area contributed by atoms with Crippen molar-refractivity contribution >= 4 is 17.4 Å². The van der Waals surface area contributed by atoms with E-state index >= 15 is 0 Å². The molecule has 0 radical (unpaired) electrons. The number of phenols is 1. The van der Waals surface area contributed by atoms with E-state index in [1.165, 1.54) is 16.1 Å². The molecule has 32 heavy (non-hydrogen) atoms. The lowest BCUT2D eigenvalue weighted by molar-refractivity contribution is 0.339. The molecule has 0 spiro atoms. The standard InChI is InChI=1S/C26H29NO4S/c1-17-13-19(9-10-21(17)29-2)24-11-12-27(20-7-5-6-8-25(20)32-24)16-18-14-22(30-3)26(28)23(15-18)31-4/h5-10,13-15,24,28H,11-12,16H2,1-4H3/t24-/m1/s1. The van der Waals surface area contributed by atoms with Gasteiger partial charge in [-0.3, -0.25) is 0 Å². The van der Waals surface area contributed by atoms with Crippen LogP contribution in [0.25, 0.3) is 0 Å². The highest BCUT2D eigenvalue weighted by atomic mass is 32.2. The van der Waals surface area contributed by atoms with Crippen molar-refractivity contribution in [3.05, 3.63) is 71.3 Å². The first-order valence-corrected chi connectivity index (χ1v) is 11.5. The van der Waals surface area contributed by atoms with E-state index in [1.54, 1.807) is 21.3 Å². The second-order valence-corrected chi connectivity index (χ2v) is 9.11. The Hall–Kier alpha value is -2.99. The summed E-state index contributed by atoms with van der Waals surface area (Å²) in [5, 5.41) is 10.6. The van der Waals surface area contributed by atoms with Crippen molar-refractivity contribution < 1.29 is 19.3 Å². The maximum Gasteiger partial charge on any atom is 0.200 e. The van der Waals surface area contributed by atoms with Crippen molar-refractivity contribution in [3.63, 3.8) is 0 Å². The summed E-state index contributed by atoms with van der Waals surface area (Å²) >= 11 is 1.91. The number of methoxy groups -OCH3 is 3. The van der Waals surface area contributed by atoms with Gasteiger partial charge in [0.05, 0.1) is 27.0 Å². The molecule has 168 valence electrons. The number of aryl methyl sites for hydroxylation is 1. The average Bonchev–Trinajstić information content (AvgIpc) is 2.99. The number of thioether (sulfide) groups is 1. The van der Waals surface area contributed by atoms with Crippen LogP contribution in [0.3, 0.4) is 0 Å². The van der Waals surface area contributed by atoms with Crippen LogP contribution >= 0.6 is 11.8 Å². The van der Waals surface area contributed by atoms with E-state index in [0.717, 1.165) is 29.8 Å². The molecule has 0 fully saturated rings. The highest BCUT2D eigenvalue weighted by Crippen LogP contribution is 2.46. The van der Waals surface area contributed by atoms with Gasteiger partial charge in [0.2, 0.25) is 5.75 Å². The molecule has 1 aliphatic heterocycles. The van der Waals surface area contributed by atoms with Crippen LogP contribution in [-0.2, 0) is 6.54 Å². The third-order valence-corrected chi connectivity index (χ3v) is 7.23. The van der Waals surface area contributed by atoms with Gasteiger partial charge in [0, 0.05) is 23.2 Å². The Kier molecular flexibility index (Phi) is 6.70. The Morgan fingerprint density at radius 3 is 2.28 bits per heavy atom. The Morgan fingerprint density at radius 2 is 1.62 bits per heavy atom. The molecule has 0 aliphatic carbocycles. The molecule has 1 aliphatic rings. The second kappa shape index (κ2) is 9.65. The molecule has 1 atom stereocenters. The summed E-state index contributed by atoms with van der Waals surface area (Å²) in [7, 11) is 4.82. The van der Waals surface area contributed by atoms with E-state index in [9.17, 15) is 5.11 Å². The van der Waals surface area contributed by atoms with Crippen molar-refractivity contribution in [2.24, 2.45) is 0 Å². The lowest BCUT2D eigenvalue weighted by atomic mass is 10.0. The first-order chi connectivity index (χ1) is 15.5. The summed E-state index contributed by atoms with van der Waals surface area (Å²) in [6.07, 6.45) is 1.01. The molecule has 3 aromatic carbocycles. The lowest BCUT2D eigenvalue weighted by Crippen LogP contribution is -2.24. The molecule has 4 rings (SSSR count). The third-order valence-electron chi connectivity index (χ3n) is 5.84. The van der Waals surface area contributed by atoms with Crippen LogP contribution in [0.4, 0.5) is 5.69 Å². The predicted molar refractivity (Wildman–Crippen MR) is 130 cm³/mol. The number of nitrogens with zero attached hydrogens (tertiary/aromatic N) is 1. The molecule has 0 unspecified atom stereocenters. The van der Waals surface area contributed by atoms with Crippen molar-refractivity contribution in [2.75, 3.05) is 32.8 Å². The Balaban J connectivity index is 1.64. The van der Waals surface area contributed by atoms with E-state index in [-0.39, 0.29) is 5.75 Å². The van der Waals surface area contributed by atoms with Gasteiger partial charge in [0.25, 0.3) is 0 Å². The van der Waals surface area contributed by atoms with E-state index < -0.39 is 0 Å². The highest BCUT2D eigenvalue weighted by molar-refractivity contribution is 7.99. The van der Waals surface area contributed by atoms with Crippen LogP contribution in [0.1, 0.15) is 28.4 Å². The number of phenolic OH excluding ortho intramolecular Hbond substituents is 1. The van der Waals surface area contributed by atoms with Crippen molar-refractivity contribution in [1.29, 1.82) is 0 Å². The quantitative estimate of drug-likeness (QED) is 0.498. The van der Waals surface area contributed by atoms with E-state index in [2.05, 4.69) is 54.3 Å². The van der Waals surface area contributed by atoms with Gasteiger partial charge in [0.1, 0.15) is 5.75 Å². The summed E-state index contributed by atoms with van der Waals surface area (Å²) in [5.74, 6) is 1.79. The third kappa shape index (κ3) is 4.46. The number of aromatic hydroxyl groups is 1. The fraction of sp³-hybridized carbons (Fsp3) is 0.308. The molecular weight excluding hydrogens is 422 g/mol. The summed E-state index contributed by atoms with van der Waals surface area (Å²) in [6.45, 7) is 3.69. The van der Waals surface area contributed by atoms with Crippen LogP contribution in [0.2, 0.25) is 0 Å². The molecule has 0 saturated heterocycles. The van der Waals surface area contributed by atoms with E-state index in [1.807, 2.05) is 23.9 Å². The number of fused-ring (bicyclic) bond motifs is 1. The van der Waals surface area contributed by atoms with Crippen molar-refractivity contribution in [2.45, 2.75) is 30.0 Å². The lowest BCUT2D eigenvalue weighted by Gasteiger charge is -2.25. The fourth-order valence-electron chi connectivity index (χ4n) is 4.18. The first-order valence-electron chi connectivity index (χ1n) is 10.6. The number of benzene rings is 3. The van der Waals surface area contributed by atoms with Gasteiger partial charge in [-0.05, 0) is 60.4 Å². The monoisotopic (exact) mass is 451 g/mol. The van der Waals surface area contributed by atoms with Crippen molar-refractivity contribution in [1.82, 2.24) is 0 Å². The fourth-order valence-corrected chi connectivity index (χ4v) is 5.47. The summed E-state index contributed by atoms with van der Waals surface area (Å²) in [6, 6.07) is 18.8. The number of hydrogen-bond donors (Lipinski definition) is 1. The molecule has 1 N–H and O–H groups in total. The largest absolute Gasteiger partial charge is 0.502 e. The van der Waals surface area contributed by atoms with Crippen molar-refractivity contribution in [3.8, 4) is 23.0 Å². The minimum atomic E-state index is 0.0283. The second-order valence-electron chi connectivity index (χ2n) is 7.86. The van der Waals surface area contributed by atoms with Crippen LogP contribution in [0.5, 0.6) is 23.0 Å². The van der Waals surface area contributed by atoms with Gasteiger partial charge in [0.15, 0.2) is 11.5 Å². The van der Waals surface area contributed by atoms with Crippen LogP contribution < -0.4 is 19.1 Å². The summed E-state index contributed by atoms with van der Waals surface area (Å²) < 4.78 is 16.2. The Labute approximate surface area is 193 Å². The molecule has 0 amide bonds. The minimum Gasteiger partial charge on any atom is -0.502 e. The molecule has 3 aromatic rings. The van der Waals surface area contributed by atoms with Crippen LogP contribution in [-0.4, -0.2) is 33.0 Å². The van der Waals surface area contributed by atoms with Gasteiger partial charge in [-0.2, -0.15) is 0 Å². The molecule has 0 aromatic heterocycles. The number of rotatable bonds is 6.